The molecule has 3 heteroatoms. The molecule has 0 aromatic rings. The Balaban J connectivity index is 2.37. The van der Waals surface area contributed by atoms with Gasteiger partial charge in [-0.3, -0.25) is 9.69 Å². The van der Waals surface area contributed by atoms with Crippen molar-refractivity contribution in [1.29, 1.82) is 0 Å². The number of rotatable bonds is 3. The summed E-state index contributed by atoms with van der Waals surface area (Å²) in [6.45, 7) is 4.76. The van der Waals surface area contributed by atoms with E-state index in [1.165, 1.54) is 12.8 Å². The first-order valence-corrected chi connectivity index (χ1v) is 5.33. The lowest BCUT2D eigenvalue weighted by Gasteiger charge is -2.38. The zero-order valence-corrected chi connectivity index (χ0v) is 9.42. The van der Waals surface area contributed by atoms with Crippen LogP contribution in [0.3, 0.4) is 0 Å². The molecule has 0 spiro atoms. The minimum Gasteiger partial charge on any atom is -0.480 e. The highest BCUT2D eigenvalue weighted by atomic mass is 16.4. The van der Waals surface area contributed by atoms with Crippen LogP contribution in [0.5, 0.6) is 0 Å². The fourth-order valence-electron chi connectivity index (χ4n) is 2.17. The van der Waals surface area contributed by atoms with Crippen molar-refractivity contribution < 1.29 is 9.90 Å². The van der Waals surface area contributed by atoms with Crippen molar-refractivity contribution in [2.45, 2.75) is 45.6 Å². The van der Waals surface area contributed by atoms with Crippen LogP contribution in [0.2, 0.25) is 0 Å². The molecule has 1 N–H and O–H groups in total. The third-order valence-corrected chi connectivity index (χ3v) is 3.32. The van der Waals surface area contributed by atoms with Crippen LogP contribution in [0.25, 0.3) is 0 Å². The molecule has 0 unspecified atom stereocenters. The molecular formula is C11H21NO2. The average molecular weight is 199 g/mol. The van der Waals surface area contributed by atoms with E-state index in [1.807, 2.05) is 11.9 Å². The van der Waals surface area contributed by atoms with Crippen LogP contribution in [-0.4, -0.2) is 35.6 Å². The molecule has 1 aliphatic carbocycles. The summed E-state index contributed by atoms with van der Waals surface area (Å²) in [5, 5.41) is 8.68. The van der Waals surface area contributed by atoms with Gasteiger partial charge in [0.2, 0.25) is 0 Å². The minimum atomic E-state index is -0.725. The standard InChI is InChI=1S/C11H21NO2/c1-11(2)6-4-9(5-7-11)12(3)8-10(13)14/h9H,4-8H2,1-3H3,(H,13,14). The number of nitrogens with zero attached hydrogens (tertiary/aromatic N) is 1. The topological polar surface area (TPSA) is 40.5 Å². The van der Waals surface area contributed by atoms with Crippen molar-refractivity contribution >= 4 is 5.97 Å². The van der Waals surface area contributed by atoms with Gasteiger partial charge in [0, 0.05) is 6.04 Å². The third-order valence-electron chi connectivity index (χ3n) is 3.32. The van der Waals surface area contributed by atoms with E-state index in [-0.39, 0.29) is 6.54 Å². The van der Waals surface area contributed by atoms with E-state index >= 15 is 0 Å². The van der Waals surface area contributed by atoms with Gasteiger partial charge in [0.1, 0.15) is 0 Å². The minimum absolute atomic E-state index is 0.172. The molecule has 1 saturated carbocycles. The number of hydrogen-bond acceptors (Lipinski definition) is 2. The van der Waals surface area contributed by atoms with Crippen LogP contribution in [0.4, 0.5) is 0 Å². The second-order valence-corrected chi connectivity index (χ2v) is 5.20. The second-order valence-electron chi connectivity index (χ2n) is 5.20. The van der Waals surface area contributed by atoms with Crippen molar-refractivity contribution in [3.63, 3.8) is 0 Å². The molecule has 0 aliphatic heterocycles. The lowest BCUT2D eigenvalue weighted by molar-refractivity contribution is -0.138. The van der Waals surface area contributed by atoms with Gasteiger partial charge in [-0.25, -0.2) is 0 Å². The maximum absolute atomic E-state index is 10.5. The smallest absolute Gasteiger partial charge is 0.317 e. The third kappa shape index (κ3) is 3.29. The molecule has 0 heterocycles. The molecule has 3 nitrogen and oxygen atoms in total. The molecule has 82 valence electrons. The van der Waals surface area contributed by atoms with Gasteiger partial charge in [0.15, 0.2) is 0 Å². The van der Waals surface area contributed by atoms with Gasteiger partial charge in [0.25, 0.3) is 0 Å². The number of aliphatic carboxylic acids is 1. The van der Waals surface area contributed by atoms with Crippen molar-refractivity contribution in [1.82, 2.24) is 4.90 Å². The van der Waals surface area contributed by atoms with Gasteiger partial charge < -0.3 is 5.11 Å². The molecule has 0 atom stereocenters. The summed E-state index contributed by atoms with van der Waals surface area (Å²) in [4.78, 5) is 12.5. The first-order valence-electron chi connectivity index (χ1n) is 5.33. The van der Waals surface area contributed by atoms with Gasteiger partial charge in [0.05, 0.1) is 6.54 Å². The van der Waals surface area contributed by atoms with E-state index in [2.05, 4.69) is 13.8 Å². The molecule has 0 radical (unpaired) electrons. The Labute approximate surface area is 86.1 Å². The molecule has 0 aromatic heterocycles. The fraction of sp³-hybridized carbons (Fsp3) is 0.909. The predicted octanol–water partition coefficient (Wildman–Crippen LogP) is 1.97. The monoisotopic (exact) mass is 199 g/mol. The van der Waals surface area contributed by atoms with Crippen molar-refractivity contribution in [2.75, 3.05) is 13.6 Å². The van der Waals surface area contributed by atoms with Gasteiger partial charge in [-0.05, 0) is 38.1 Å². The molecule has 1 aliphatic rings. The van der Waals surface area contributed by atoms with E-state index < -0.39 is 5.97 Å². The van der Waals surface area contributed by atoms with E-state index in [1.54, 1.807) is 0 Å². The van der Waals surface area contributed by atoms with Crippen LogP contribution in [0, 0.1) is 5.41 Å². The Kier molecular flexibility index (Phi) is 3.53. The zero-order valence-electron chi connectivity index (χ0n) is 9.42. The van der Waals surface area contributed by atoms with E-state index in [0.717, 1.165) is 12.8 Å². The number of carbonyl (C=O) groups is 1. The van der Waals surface area contributed by atoms with Crippen LogP contribution in [0.15, 0.2) is 0 Å². The summed E-state index contributed by atoms with van der Waals surface area (Å²) in [6.07, 6.45) is 4.69. The first-order chi connectivity index (χ1) is 6.41. The summed E-state index contributed by atoms with van der Waals surface area (Å²) < 4.78 is 0. The molecular weight excluding hydrogens is 178 g/mol. The van der Waals surface area contributed by atoms with E-state index in [0.29, 0.717) is 11.5 Å². The zero-order chi connectivity index (χ0) is 10.8. The van der Waals surface area contributed by atoms with Gasteiger partial charge in [-0.15, -0.1) is 0 Å². The lowest BCUT2D eigenvalue weighted by atomic mass is 9.75. The average Bonchev–Trinajstić information content (AvgIpc) is 2.02. The Morgan fingerprint density at radius 2 is 1.93 bits per heavy atom. The molecule has 1 fully saturated rings. The highest BCUT2D eigenvalue weighted by molar-refractivity contribution is 5.69. The summed E-state index contributed by atoms with van der Waals surface area (Å²) in [6, 6.07) is 0.471. The Morgan fingerprint density at radius 1 is 1.43 bits per heavy atom. The second kappa shape index (κ2) is 4.30. The van der Waals surface area contributed by atoms with E-state index in [9.17, 15) is 4.79 Å². The quantitative estimate of drug-likeness (QED) is 0.755. The molecule has 0 saturated heterocycles. The highest BCUT2D eigenvalue weighted by Gasteiger charge is 2.29. The number of carboxylic acids is 1. The Morgan fingerprint density at radius 3 is 2.36 bits per heavy atom. The van der Waals surface area contributed by atoms with Crippen LogP contribution in [0.1, 0.15) is 39.5 Å². The highest BCUT2D eigenvalue weighted by Crippen LogP contribution is 2.36. The lowest BCUT2D eigenvalue weighted by Crippen LogP contribution is -2.39. The summed E-state index contributed by atoms with van der Waals surface area (Å²) in [5.41, 5.74) is 0.459. The van der Waals surface area contributed by atoms with Gasteiger partial charge in [-0.1, -0.05) is 13.8 Å². The first kappa shape index (κ1) is 11.5. The molecule has 1 rings (SSSR count). The maximum atomic E-state index is 10.5. The largest absolute Gasteiger partial charge is 0.480 e. The number of hydrogen-bond donors (Lipinski definition) is 1. The van der Waals surface area contributed by atoms with Crippen molar-refractivity contribution in [3.05, 3.63) is 0 Å². The SMILES string of the molecule is CN(CC(=O)O)C1CCC(C)(C)CC1. The van der Waals surface area contributed by atoms with Crippen molar-refractivity contribution in [2.24, 2.45) is 5.41 Å². The summed E-state index contributed by atoms with van der Waals surface area (Å²) in [7, 11) is 1.91. The molecule has 0 aromatic carbocycles. The van der Waals surface area contributed by atoms with Gasteiger partial charge in [-0.2, -0.15) is 0 Å². The van der Waals surface area contributed by atoms with Crippen LogP contribution >= 0.6 is 0 Å². The predicted molar refractivity (Wildman–Crippen MR) is 56.3 cm³/mol. The summed E-state index contributed by atoms with van der Waals surface area (Å²) >= 11 is 0. The van der Waals surface area contributed by atoms with Crippen molar-refractivity contribution in [3.8, 4) is 0 Å². The Hall–Kier alpha value is -0.570. The van der Waals surface area contributed by atoms with Crippen LogP contribution in [-0.2, 0) is 4.79 Å². The van der Waals surface area contributed by atoms with E-state index in [4.69, 9.17) is 5.11 Å². The van der Waals surface area contributed by atoms with Gasteiger partial charge >= 0.3 is 5.97 Å². The molecule has 0 amide bonds. The maximum Gasteiger partial charge on any atom is 0.317 e. The summed E-state index contributed by atoms with van der Waals surface area (Å²) in [5.74, 6) is -0.725. The van der Waals surface area contributed by atoms with Crippen LogP contribution < -0.4 is 0 Å². The Bertz CT molecular complexity index is 203. The molecule has 0 bridgehead atoms. The number of carboxylic acid groups (broad SMARTS) is 1. The molecule has 14 heavy (non-hydrogen) atoms. The fourth-order valence-corrected chi connectivity index (χ4v) is 2.17. The number of likely N-dealkylation sites (N-methyl/N-ethyl adjacent to an activating group) is 1. The normalized spacial score (nSPS) is 22.6.